The van der Waals surface area contributed by atoms with Crippen LogP contribution in [0.15, 0.2) is 54.9 Å². The lowest BCUT2D eigenvalue weighted by Crippen LogP contribution is -2.51. The Hall–Kier alpha value is -3.85. The minimum atomic E-state index is -3.62. The van der Waals surface area contributed by atoms with Crippen molar-refractivity contribution in [2.75, 3.05) is 32.9 Å². The number of hydrogen-bond acceptors (Lipinski definition) is 7. The van der Waals surface area contributed by atoms with Gasteiger partial charge in [0.25, 0.3) is 11.8 Å². The summed E-state index contributed by atoms with van der Waals surface area (Å²) in [6.07, 6.45) is 2.36. The molecule has 10 nitrogen and oxygen atoms in total. The molecular weight excluding hydrogens is 516 g/mol. The second-order valence-corrected chi connectivity index (χ2v) is 10.6. The first-order chi connectivity index (χ1) is 17.7. The SMILES string of the molecule is CNC(=O)c1cc(-c2cc([C@@H]3CN(C(=O)C#Cc4ccccc4)CCN3S(C)(=O)=O)cc(Cl)n2)ncn1. The van der Waals surface area contributed by atoms with Crippen LogP contribution in [0, 0.1) is 11.8 Å². The number of hydrogen-bond donors (Lipinski definition) is 1. The van der Waals surface area contributed by atoms with Crippen LogP contribution < -0.4 is 5.32 Å². The summed E-state index contributed by atoms with van der Waals surface area (Å²) in [6.45, 7) is 0.354. The zero-order valence-corrected chi connectivity index (χ0v) is 21.6. The summed E-state index contributed by atoms with van der Waals surface area (Å²) in [4.78, 5) is 38.9. The number of sulfonamides is 1. The lowest BCUT2D eigenvalue weighted by molar-refractivity contribution is -0.127. The van der Waals surface area contributed by atoms with Gasteiger partial charge in [0.05, 0.1) is 23.7 Å². The summed E-state index contributed by atoms with van der Waals surface area (Å²) >= 11 is 6.32. The molecule has 0 radical (unpaired) electrons. The van der Waals surface area contributed by atoms with Crippen molar-refractivity contribution in [1.82, 2.24) is 29.5 Å². The Labute approximate surface area is 219 Å². The molecule has 1 fully saturated rings. The second kappa shape index (κ2) is 11.0. The maximum Gasteiger partial charge on any atom is 0.298 e. The van der Waals surface area contributed by atoms with E-state index in [0.717, 1.165) is 6.26 Å². The number of aromatic nitrogens is 3. The fourth-order valence-corrected chi connectivity index (χ4v) is 5.22. The van der Waals surface area contributed by atoms with E-state index in [1.807, 2.05) is 18.2 Å². The minimum absolute atomic E-state index is 0.0718. The highest BCUT2D eigenvalue weighted by Crippen LogP contribution is 2.31. The van der Waals surface area contributed by atoms with Gasteiger partial charge in [-0.15, -0.1) is 0 Å². The smallest absolute Gasteiger partial charge is 0.298 e. The van der Waals surface area contributed by atoms with Crippen LogP contribution in [0.2, 0.25) is 5.15 Å². The maximum atomic E-state index is 12.9. The molecular formula is C25H23ClN6O4S. The number of carbonyl (C=O) groups excluding carboxylic acids is 2. The van der Waals surface area contributed by atoms with Crippen molar-refractivity contribution in [2.45, 2.75) is 6.04 Å². The first-order valence-electron chi connectivity index (χ1n) is 11.2. The van der Waals surface area contributed by atoms with Crippen LogP contribution in [0.1, 0.15) is 27.7 Å². The van der Waals surface area contributed by atoms with Crippen molar-refractivity contribution in [3.05, 3.63) is 76.8 Å². The third-order valence-electron chi connectivity index (χ3n) is 5.72. The number of benzene rings is 1. The van der Waals surface area contributed by atoms with E-state index in [1.54, 1.807) is 24.3 Å². The molecule has 12 heteroatoms. The van der Waals surface area contributed by atoms with E-state index in [1.165, 1.54) is 28.6 Å². The standard InChI is InChI=1S/C25H23ClN6O4S/c1-27-25(34)21-14-19(28-16-29-21)20-12-18(13-23(26)30-20)22-15-31(10-11-32(22)37(2,35)36)24(33)9-8-17-6-4-3-5-7-17/h3-7,12-14,16,22H,10-11,15H2,1-2H3,(H,27,34)/t22-/m0/s1. The van der Waals surface area contributed by atoms with Crippen LogP contribution in [0.5, 0.6) is 0 Å². The summed E-state index contributed by atoms with van der Waals surface area (Å²) in [6, 6.07) is 13.0. The van der Waals surface area contributed by atoms with Gasteiger partial charge in [-0.05, 0) is 35.9 Å². The van der Waals surface area contributed by atoms with Crippen LogP contribution in [-0.2, 0) is 14.8 Å². The van der Waals surface area contributed by atoms with E-state index in [9.17, 15) is 18.0 Å². The van der Waals surface area contributed by atoms with Gasteiger partial charge >= 0.3 is 0 Å². The van der Waals surface area contributed by atoms with E-state index >= 15 is 0 Å². The Morgan fingerprint density at radius 2 is 1.84 bits per heavy atom. The van der Waals surface area contributed by atoms with Gasteiger partial charge in [0.2, 0.25) is 10.0 Å². The number of amides is 2. The number of rotatable bonds is 4. The number of nitrogens with one attached hydrogen (secondary N) is 1. The van der Waals surface area contributed by atoms with Crippen LogP contribution in [-0.4, -0.2) is 77.3 Å². The molecule has 1 N–H and O–H groups in total. The summed E-state index contributed by atoms with van der Waals surface area (Å²) in [7, 11) is -2.14. The quantitative estimate of drug-likeness (QED) is 0.396. The Bertz CT molecular complexity index is 1500. The van der Waals surface area contributed by atoms with Crippen LogP contribution in [0.4, 0.5) is 0 Å². The first-order valence-corrected chi connectivity index (χ1v) is 13.4. The minimum Gasteiger partial charge on any atom is -0.354 e. The molecule has 2 amide bonds. The Kier molecular flexibility index (Phi) is 7.83. The number of carbonyl (C=O) groups is 2. The van der Waals surface area contributed by atoms with E-state index < -0.39 is 27.9 Å². The second-order valence-electron chi connectivity index (χ2n) is 8.23. The Morgan fingerprint density at radius 3 is 2.54 bits per heavy atom. The molecule has 0 spiro atoms. The first kappa shape index (κ1) is 26.2. The third-order valence-corrected chi connectivity index (χ3v) is 7.21. The fraction of sp³-hybridized carbons (Fsp3) is 0.240. The predicted octanol–water partition coefficient (Wildman–Crippen LogP) is 1.75. The number of halogens is 1. The summed E-state index contributed by atoms with van der Waals surface area (Å²) < 4.78 is 26.6. The van der Waals surface area contributed by atoms with E-state index in [4.69, 9.17) is 11.6 Å². The average molecular weight is 539 g/mol. The highest BCUT2D eigenvalue weighted by Gasteiger charge is 2.36. The van der Waals surface area contributed by atoms with Crippen molar-refractivity contribution in [3.63, 3.8) is 0 Å². The monoisotopic (exact) mass is 538 g/mol. The van der Waals surface area contributed by atoms with Gasteiger partial charge in [-0.25, -0.2) is 23.4 Å². The van der Waals surface area contributed by atoms with Crippen molar-refractivity contribution >= 4 is 33.4 Å². The molecule has 1 atom stereocenters. The molecule has 2 aromatic heterocycles. The zero-order chi connectivity index (χ0) is 26.6. The lowest BCUT2D eigenvalue weighted by atomic mass is 10.0. The van der Waals surface area contributed by atoms with E-state index in [0.29, 0.717) is 22.5 Å². The predicted molar refractivity (Wildman–Crippen MR) is 138 cm³/mol. The van der Waals surface area contributed by atoms with Gasteiger partial charge in [-0.2, -0.15) is 4.31 Å². The number of piperazine rings is 1. The summed E-state index contributed by atoms with van der Waals surface area (Å²) in [5, 5.41) is 2.60. The molecule has 1 aliphatic rings. The molecule has 3 aromatic rings. The van der Waals surface area contributed by atoms with Crippen LogP contribution >= 0.6 is 11.6 Å². The largest absolute Gasteiger partial charge is 0.354 e. The Morgan fingerprint density at radius 1 is 1.08 bits per heavy atom. The van der Waals surface area contributed by atoms with E-state index in [-0.39, 0.29) is 30.5 Å². The molecule has 4 rings (SSSR count). The Balaban J connectivity index is 1.68. The number of nitrogens with zero attached hydrogens (tertiary/aromatic N) is 5. The summed E-state index contributed by atoms with van der Waals surface area (Å²) in [5.41, 5.74) is 2.03. The molecule has 1 aliphatic heterocycles. The van der Waals surface area contributed by atoms with Gasteiger partial charge in [-0.3, -0.25) is 9.59 Å². The van der Waals surface area contributed by atoms with Crippen LogP contribution in [0.25, 0.3) is 11.4 Å². The van der Waals surface area contributed by atoms with E-state index in [2.05, 4.69) is 32.1 Å². The molecule has 190 valence electrons. The van der Waals surface area contributed by atoms with Gasteiger partial charge in [0.1, 0.15) is 17.2 Å². The maximum absolute atomic E-state index is 12.9. The highest BCUT2D eigenvalue weighted by atomic mass is 35.5. The van der Waals surface area contributed by atoms with Gasteiger partial charge in [-0.1, -0.05) is 35.7 Å². The lowest BCUT2D eigenvalue weighted by Gasteiger charge is -2.39. The molecule has 1 aromatic carbocycles. The van der Waals surface area contributed by atoms with Crippen molar-refractivity contribution < 1.29 is 18.0 Å². The molecule has 0 bridgehead atoms. The zero-order valence-electron chi connectivity index (χ0n) is 20.1. The molecule has 0 unspecified atom stereocenters. The molecule has 3 heterocycles. The molecule has 0 aliphatic carbocycles. The molecule has 0 saturated carbocycles. The van der Waals surface area contributed by atoms with Crippen molar-refractivity contribution in [3.8, 4) is 23.2 Å². The van der Waals surface area contributed by atoms with Crippen molar-refractivity contribution in [1.29, 1.82) is 0 Å². The summed E-state index contributed by atoms with van der Waals surface area (Å²) in [5.74, 6) is 4.68. The van der Waals surface area contributed by atoms with Gasteiger partial charge in [0, 0.05) is 38.2 Å². The third kappa shape index (κ3) is 6.29. The van der Waals surface area contributed by atoms with Gasteiger partial charge < -0.3 is 10.2 Å². The molecule has 1 saturated heterocycles. The normalized spacial score (nSPS) is 16.0. The average Bonchev–Trinajstić information content (AvgIpc) is 2.90. The molecule has 37 heavy (non-hydrogen) atoms. The topological polar surface area (TPSA) is 125 Å². The fourth-order valence-electron chi connectivity index (χ4n) is 3.94. The number of pyridine rings is 1. The highest BCUT2D eigenvalue weighted by molar-refractivity contribution is 7.88. The van der Waals surface area contributed by atoms with Crippen LogP contribution in [0.3, 0.4) is 0 Å². The van der Waals surface area contributed by atoms with Gasteiger partial charge in [0.15, 0.2) is 0 Å². The van der Waals surface area contributed by atoms with Crippen molar-refractivity contribution in [2.24, 2.45) is 0 Å².